The fourth-order valence-corrected chi connectivity index (χ4v) is 1.96. The molecule has 1 aromatic carbocycles. The minimum absolute atomic E-state index is 0.119. The number of hydrogen-bond donors (Lipinski definition) is 2. The molecule has 3 heteroatoms. The molecule has 0 bridgehead atoms. The highest BCUT2D eigenvalue weighted by Gasteiger charge is 2.16. The first-order chi connectivity index (χ1) is 6.43. The molecule has 2 nitrogen and oxygen atoms in total. The number of aromatic hydroxyl groups is 1. The molecule has 0 aliphatic rings. The van der Waals surface area contributed by atoms with Crippen molar-refractivity contribution >= 4 is 15.9 Å². The van der Waals surface area contributed by atoms with Crippen molar-refractivity contribution < 1.29 is 5.11 Å². The summed E-state index contributed by atoms with van der Waals surface area (Å²) in [7, 11) is 0. The molecule has 3 N–H and O–H groups in total. The van der Waals surface area contributed by atoms with Crippen LogP contribution in [-0.2, 0) is 0 Å². The standard InChI is InChI=1S/C11H16BrNO/c1-6(2)10(13)8-4-7(3)5-9(12)11(8)14/h4-6,10,14H,13H2,1-3H3. The summed E-state index contributed by atoms with van der Waals surface area (Å²) in [4.78, 5) is 0. The zero-order valence-corrected chi connectivity index (χ0v) is 10.3. The Morgan fingerprint density at radius 1 is 1.36 bits per heavy atom. The van der Waals surface area contributed by atoms with Gasteiger partial charge in [-0.25, -0.2) is 0 Å². The topological polar surface area (TPSA) is 46.2 Å². The van der Waals surface area contributed by atoms with E-state index in [9.17, 15) is 5.11 Å². The summed E-state index contributed by atoms with van der Waals surface area (Å²) in [6.07, 6.45) is 0. The summed E-state index contributed by atoms with van der Waals surface area (Å²) in [6, 6.07) is 3.70. The van der Waals surface area contributed by atoms with Gasteiger partial charge in [0.25, 0.3) is 0 Å². The summed E-state index contributed by atoms with van der Waals surface area (Å²) >= 11 is 3.31. The number of aryl methyl sites for hydroxylation is 1. The van der Waals surface area contributed by atoms with E-state index in [2.05, 4.69) is 15.9 Å². The molecular formula is C11H16BrNO. The second-order valence-corrected chi connectivity index (χ2v) is 4.81. The molecule has 0 spiro atoms. The number of hydrogen-bond acceptors (Lipinski definition) is 2. The van der Waals surface area contributed by atoms with Gasteiger partial charge in [0.05, 0.1) is 4.47 Å². The van der Waals surface area contributed by atoms with Gasteiger partial charge in [0.2, 0.25) is 0 Å². The van der Waals surface area contributed by atoms with E-state index in [0.29, 0.717) is 10.4 Å². The molecule has 0 aliphatic heterocycles. The van der Waals surface area contributed by atoms with Gasteiger partial charge in [-0.1, -0.05) is 19.9 Å². The molecule has 1 unspecified atom stereocenters. The van der Waals surface area contributed by atoms with Gasteiger partial charge in [-0.05, 0) is 40.4 Å². The van der Waals surface area contributed by atoms with Gasteiger partial charge < -0.3 is 10.8 Å². The Balaban J connectivity index is 3.20. The fourth-order valence-electron chi connectivity index (χ4n) is 1.37. The number of phenols is 1. The normalized spacial score (nSPS) is 13.3. The molecule has 1 aromatic rings. The lowest BCUT2D eigenvalue weighted by atomic mass is 9.95. The Labute approximate surface area is 93.3 Å². The van der Waals surface area contributed by atoms with Gasteiger partial charge in [0.15, 0.2) is 0 Å². The van der Waals surface area contributed by atoms with Crippen molar-refractivity contribution in [1.82, 2.24) is 0 Å². The molecule has 0 saturated heterocycles. The van der Waals surface area contributed by atoms with Crippen LogP contribution in [0.2, 0.25) is 0 Å². The lowest BCUT2D eigenvalue weighted by Crippen LogP contribution is -2.17. The smallest absolute Gasteiger partial charge is 0.134 e. The van der Waals surface area contributed by atoms with Crippen LogP contribution in [0.15, 0.2) is 16.6 Å². The van der Waals surface area contributed by atoms with Crippen LogP contribution < -0.4 is 5.73 Å². The van der Waals surface area contributed by atoms with Crippen molar-refractivity contribution in [2.75, 3.05) is 0 Å². The second-order valence-electron chi connectivity index (χ2n) is 3.95. The number of nitrogens with two attached hydrogens (primary N) is 1. The highest BCUT2D eigenvalue weighted by atomic mass is 79.9. The molecule has 0 heterocycles. The van der Waals surface area contributed by atoms with E-state index < -0.39 is 0 Å². The summed E-state index contributed by atoms with van der Waals surface area (Å²) in [5, 5.41) is 9.81. The Morgan fingerprint density at radius 3 is 2.43 bits per heavy atom. The lowest BCUT2D eigenvalue weighted by Gasteiger charge is -2.18. The van der Waals surface area contributed by atoms with Gasteiger partial charge >= 0.3 is 0 Å². The van der Waals surface area contributed by atoms with E-state index >= 15 is 0 Å². The lowest BCUT2D eigenvalue weighted by molar-refractivity contribution is 0.437. The monoisotopic (exact) mass is 257 g/mol. The van der Waals surface area contributed by atoms with Crippen LogP contribution in [0.25, 0.3) is 0 Å². The zero-order valence-electron chi connectivity index (χ0n) is 8.71. The largest absolute Gasteiger partial charge is 0.506 e. The molecule has 0 amide bonds. The Kier molecular flexibility index (Phi) is 3.56. The first-order valence-electron chi connectivity index (χ1n) is 4.68. The van der Waals surface area contributed by atoms with E-state index in [1.165, 1.54) is 0 Å². The number of phenolic OH excluding ortho intramolecular Hbond substituents is 1. The van der Waals surface area contributed by atoms with Crippen molar-refractivity contribution in [3.8, 4) is 5.75 Å². The first-order valence-corrected chi connectivity index (χ1v) is 5.47. The third-order valence-corrected chi connectivity index (χ3v) is 2.92. The zero-order chi connectivity index (χ0) is 10.9. The number of halogens is 1. The summed E-state index contributed by atoms with van der Waals surface area (Å²) in [5.74, 6) is 0.575. The predicted octanol–water partition coefficient (Wildman–Crippen LogP) is 3.12. The van der Waals surface area contributed by atoms with Gasteiger partial charge in [0, 0.05) is 11.6 Å². The maximum absolute atomic E-state index is 9.81. The molecule has 0 aliphatic carbocycles. The van der Waals surface area contributed by atoms with E-state index in [-0.39, 0.29) is 11.8 Å². The quantitative estimate of drug-likeness (QED) is 0.856. The number of rotatable bonds is 2. The van der Waals surface area contributed by atoms with E-state index in [0.717, 1.165) is 11.1 Å². The second kappa shape index (κ2) is 4.32. The van der Waals surface area contributed by atoms with Crippen LogP contribution in [-0.4, -0.2) is 5.11 Å². The number of benzene rings is 1. The molecule has 14 heavy (non-hydrogen) atoms. The summed E-state index contributed by atoms with van der Waals surface area (Å²) < 4.78 is 0.712. The highest BCUT2D eigenvalue weighted by Crippen LogP contribution is 2.34. The van der Waals surface area contributed by atoms with Crippen molar-refractivity contribution in [2.45, 2.75) is 26.8 Å². The minimum atomic E-state index is -0.119. The molecule has 0 radical (unpaired) electrons. The van der Waals surface area contributed by atoms with Crippen LogP contribution in [0.4, 0.5) is 0 Å². The van der Waals surface area contributed by atoms with Crippen LogP contribution in [0.5, 0.6) is 5.75 Å². The molecule has 78 valence electrons. The third-order valence-electron chi connectivity index (χ3n) is 2.31. The molecule has 0 aromatic heterocycles. The van der Waals surface area contributed by atoms with Crippen molar-refractivity contribution in [2.24, 2.45) is 11.7 Å². The molecule has 1 rings (SSSR count). The molecule has 0 fully saturated rings. The maximum atomic E-state index is 9.81. The summed E-state index contributed by atoms with van der Waals surface area (Å²) in [6.45, 7) is 6.07. The Bertz CT molecular complexity index is 336. The van der Waals surface area contributed by atoms with Crippen LogP contribution in [0, 0.1) is 12.8 Å². The average Bonchev–Trinajstić information content (AvgIpc) is 2.09. The Morgan fingerprint density at radius 2 is 1.93 bits per heavy atom. The van der Waals surface area contributed by atoms with Gasteiger partial charge in [0.1, 0.15) is 5.75 Å². The van der Waals surface area contributed by atoms with Crippen LogP contribution >= 0.6 is 15.9 Å². The van der Waals surface area contributed by atoms with Crippen molar-refractivity contribution in [3.05, 3.63) is 27.7 Å². The van der Waals surface area contributed by atoms with Crippen molar-refractivity contribution in [1.29, 1.82) is 0 Å². The molecule has 1 atom stereocenters. The van der Waals surface area contributed by atoms with Gasteiger partial charge in [-0.15, -0.1) is 0 Å². The van der Waals surface area contributed by atoms with Gasteiger partial charge in [-0.3, -0.25) is 0 Å². The summed E-state index contributed by atoms with van der Waals surface area (Å²) in [5.41, 5.74) is 7.91. The van der Waals surface area contributed by atoms with Crippen molar-refractivity contribution in [3.63, 3.8) is 0 Å². The van der Waals surface area contributed by atoms with E-state index in [1.54, 1.807) is 0 Å². The first kappa shape index (κ1) is 11.5. The van der Waals surface area contributed by atoms with E-state index in [1.807, 2.05) is 32.9 Å². The van der Waals surface area contributed by atoms with Gasteiger partial charge in [-0.2, -0.15) is 0 Å². The van der Waals surface area contributed by atoms with Crippen LogP contribution in [0.3, 0.4) is 0 Å². The fraction of sp³-hybridized carbons (Fsp3) is 0.455. The van der Waals surface area contributed by atoms with Crippen LogP contribution in [0.1, 0.15) is 31.0 Å². The average molecular weight is 258 g/mol. The van der Waals surface area contributed by atoms with E-state index in [4.69, 9.17) is 5.73 Å². The maximum Gasteiger partial charge on any atom is 0.134 e. The highest BCUT2D eigenvalue weighted by molar-refractivity contribution is 9.10. The third kappa shape index (κ3) is 2.28. The Hall–Kier alpha value is -0.540. The molecule has 0 saturated carbocycles. The molecular weight excluding hydrogens is 242 g/mol. The predicted molar refractivity (Wildman–Crippen MR) is 62.3 cm³/mol. The SMILES string of the molecule is Cc1cc(Br)c(O)c(C(N)C(C)C)c1. The minimum Gasteiger partial charge on any atom is -0.506 e.